The van der Waals surface area contributed by atoms with E-state index in [1.54, 1.807) is 7.05 Å². The Bertz CT molecular complexity index is 995. The van der Waals surface area contributed by atoms with E-state index in [1.807, 2.05) is 29.2 Å². The van der Waals surface area contributed by atoms with Gasteiger partial charge in [-0.05, 0) is 32.0 Å². The zero-order valence-corrected chi connectivity index (χ0v) is 16.9. The highest BCUT2D eigenvalue weighted by Crippen LogP contribution is 2.29. The van der Waals surface area contributed by atoms with Crippen molar-refractivity contribution in [1.29, 1.82) is 5.26 Å². The molecule has 2 fully saturated rings. The minimum atomic E-state index is -0.274. The van der Waals surface area contributed by atoms with Crippen molar-refractivity contribution >= 4 is 22.5 Å². The first-order valence-electron chi connectivity index (χ1n) is 9.88. The molecule has 2 aliphatic rings. The van der Waals surface area contributed by atoms with Gasteiger partial charge in [0.05, 0.1) is 11.2 Å². The number of carbonyl (C=O) groups excluding carboxylic acids is 1. The summed E-state index contributed by atoms with van der Waals surface area (Å²) < 4.78 is 1.54. The minimum Gasteiger partial charge on any atom is -0.366 e. The number of piperazine rings is 1. The number of rotatable bonds is 2. The van der Waals surface area contributed by atoms with E-state index in [1.165, 1.54) is 4.57 Å². The number of piperidine rings is 1. The summed E-state index contributed by atoms with van der Waals surface area (Å²) in [5.41, 5.74) is 1.42. The van der Waals surface area contributed by atoms with Gasteiger partial charge < -0.3 is 25.8 Å². The molecule has 8 heteroatoms. The highest BCUT2D eigenvalue weighted by Gasteiger charge is 2.30. The number of nitrogens with one attached hydrogen (secondary N) is 1. The predicted molar refractivity (Wildman–Crippen MR) is 113 cm³/mol. The molecule has 8 nitrogen and oxygen atoms in total. The molecule has 0 unspecified atom stereocenters. The van der Waals surface area contributed by atoms with Gasteiger partial charge in [-0.3, -0.25) is 9.59 Å². The first-order valence-corrected chi connectivity index (χ1v) is 9.88. The van der Waals surface area contributed by atoms with Crippen LogP contribution in [0.4, 0.5) is 5.69 Å². The van der Waals surface area contributed by atoms with Crippen molar-refractivity contribution in [2.45, 2.75) is 12.8 Å². The molecule has 1 aromatic carbocycles. The molecule has 0 atom stereocenters. The van der Waals surface area contributed by atoms with Gasteiger partial charge in [0.2, 0.25) is 5.91 Å². The van der Waals surface area contributed by atoms with E-state index in [9.17, 15) is 14.9 Å². The Balaban J connectivity index is 0.00000240. The number of benzene rings is 1. The Hall–Kier alpha value is -2.89. The summed E-state index contributed by atoms with van der Waals surface area (Å²) in [7, 11) is 1.70. The van der Waals surface area contributed by atoms with Gasteiger partial charge >= 0.3 is 0 Å². The van der Waals surface area contributed by atoms with Crippen molar-refractivity contribution in [2.24, 2.45) is 13.0 Å². The average molecular weight is 396 g/mol. The largest absolute Gasteiger partial charge is 0.366 e. The van der Waals surface area contributed by atoms with Crippen LogP contribution in [0.15, 0.2) is 29.1 Å². The van der Waals surface area contributed by atoms with Crippen LogP contribution in [-0.4, -0.2) is 54.6 Å². The van der Waals surface area contributed by atoms with Gasteiger partial charge in [0.15, 0.2) is 0 Å². The topological polar surface area (TPSA) is 116 Å². The van der Waals surface area contributed by atoms with E-state index in [0.29, 0.717) is 31.9 Å². The molecule has 4 N–H and O–H groups in total. The Morgan fingerprint density at radius 1 is 1.14 bits per heavy atom. The van der Waals surface area contributed by atoms with Crippen LogP contribution in [0, 0.1) is 17.2 Å². The van der Waals surface area contributed by atoms with Crippen molar-refractivity contribution in [3.63, 3.8) is 0 Å². The second kappa shape index (κ2) is 8.64. The second-order valence-electron chi connectivity index (χ2n) is 7.55. The van der Waals surface area contributed by atoms with Crippen molar-refractivity contribution in [2.75, 3.05) is 44.2 Å². The Labute approximate surface area is 170 Å². The number of amides is 1. The first kappa shape index (κ1) is 20.8. The predicted octanol–water partition coefficient (Wildman–Crippen LogP) is 1.22. The number of carbonyl (C=O) groups is 1. The number of aromatic nitrogens is 1. The van der Waals surface area contributed by atoms with Crippen molar-refractivity contribution in [3.8, 4) is 6.07 Å². The van der Waals surface area contributed by atoms with Crippen LogP contribution in [-0.2, 0) is 11.8 Å². The quantitative estimate of drug-likeness (QED) is 0.788. The number of fused-ring (bicyclic) bond motifs is 1. The average Bonchev–Trinajstić information content (AvgIpc) is 2.76. The monoisotopic (exact) mass is 396 g/mol. The molecule has 1 aromatic heterocycles. The van der Waals surface area contributed by atoms with Crippen LogP contribution in [0.2, 0.25) is 0 Å². The molecule has 2 saturated heterocycles. The van der Waals surface area contributed by atoms with E-state index in [4.69, 9.17) is 0 Å². The fraction of sp³-hybridized carbons (Fsp3) is 0.476. The highest BCUT2D eigenvalue weighted by atomic mass is 16.2. The number of nitriles is 1. The van der Waals surface area contributed by atoms with Crippen LogP contribution in [0.5, 0.6) is 0 Å². The standard InChI is InChI=1S/C21H25N5O2.H3N/c1-24-18-5-3-2-4-16(18)19(17(14-22)21(24)28)25-10-12-26(13-11-25)20(27)15-6-8-23-9-7-15;/h2-5,15,23H,6-13H2,1H3;1H3. The van der Waals surface area contributed by atoms with Crippen LogP contribution in [0.25, 0.3) is 10.9 Å². The molecule has 0 radical (unpaired) electrons. The molecule has 29 heavy (non-hydrogen) atoms. The van der Waals surface area contributed by atoms with E-state index in [-0.39, 0.29) is 29.1 Å². The Morgan fingerprint density at radius 3 is 2.45 bits per heavy atom. The maximum Gasteiger partial charge on any atom is 0.270 e. The minimum absolute atomic E-state index is 0. The van der Waals surface area contributed by atoms with Gasteiger partial charge in [-0.2, -0.15) is 5.26 Å². The fourth-order valence-corrected chi connectivity index (χ4v) is 4.39. The summed E-state index contributed by atoms with van der Waals surface area (Å²) in [5, 5.41) is 13.9. The van der Waals surface area contributed by atoms with Crippen molar-refractivity contribution in [1.82, 2.24) is 20.9 Å². The molecule has 154 valence electrons. The third kappa shape index (κ3) is 3.71. The lowest BCUT2D eigenvalue weighted by Gasteiger charge is -2.39. The molecule has 1 amide bonds. The normalized spacial score (nSPS) is 17.7. The number of hydrogen-bond acceptors (Lipinski definition) is 6. The second-order valence-corrected chi connectivity index (χ2v) is 7.55. The van der Waals surface area contributed by atoms with E-state index >= 15 is 0 Å². The molecule has 3 heterocycles. The Morgan fingerprint density at radius 2 is 1.79 bits per heavy atom. The molecular formula is C21H28N6O2. The van der Waals surface area contributed by atoms with Gasteiger partial charge in [0, 0.05) is 44.5 Å². The summed E-state index contributed by atoms with van der Waals surface area (Å²) in [5.74, 6) is 0.364. The number of nitrogens with zero attached hydrogens (tertiary/aromatic N) is 4. The molecule has 0 saturated carbocycles. The molecule has 2 aliphatic heterocycles. The number of hydrogen-bond donors (Lipinski definition) is 2. The smallest absolute Gasteiger partial charge is 0.270 e. The van der Waals surface area contributed by atoms with Crippen LogP contribution >= 0.6 is 0 Å². The highest BCUT2D eigenvalue weighted by molar-refractivity contribution is 5.95. The molecule has 4 rings (SSSR count). The SMILES string of the molecule is Cn1c(=O)c(C#N)c(N2CCN(C(=O)C3CCNCC3)CC2)c2ccccc21.N. The molecular weight excluding hydrogens is 368 g/mol. The zero-order valence-electron chi connectivity index (χ0n) is 16.9. The maximum atomic E-state index is 12.8. The third-order valence-electron chi connectivity index (χ3n) is 5.98. The van der Waals surface area contributed by atoms with Gasteiger partial charge in [-0.15, -0.1) is 0 Å². The number of para-hydroxylation sites is 1. The number of aryl methyl sites for hydroxylation is 1. The maximum absolute atomic E-state index is 12.8. The first-order chi connectivity index (χ1) is 13.6. The lowest BCUT2D eigenvalue weighted by atomic mass is 9.96. The van der Waals surface area contributed by atoms with Crippen LogP contribution in [0.3, 0.4) is 0 Å². The lowest BCUT2D eigenvalue weighted by Crippen LogP contribution is -2.52. The summed E-state index contributed by atoms with van der Waals surface area (Å²) in [4.78, 5) is 29.5. The van der Waals surface area contributed by atoms with Gasteiger partial charge in [0.25, 0.3) is 5.56 Å². The van der Waals surface area contributed by atoms with Crippen LogP contribution < -0.4 is 21.9 Å². The Kier molecular flexibility index (Phi) is 6.20. The third-order valence-corrected chi connectivity index (χ3v) is 5.98. The summed E-state index contributed by atoms with van der Waals surface area (Å²) in [6.07, 6.45) is 1.80. The number of anilines is 1. The lowest BCUT2D eigenvalue weighted by molar-refractivity contribution is -0.136. The van der Waals surface area contributed by atoms with E-state index < -0.39 is 0 Å². The molecule has 0 bridgehead atoms. The van der Waals surface area contributed by atoms with Crippen LogP contribution in [0.1, 0.15) is 18.4 Å². The van der Waals surface area contributed by atoms with Crippen molar-refractivity contribution < 1.29 is 4.79 Å². The zero-order chi connectivity index (χ0) is 19.7. The summed E-state index contributed by atoms with van der Waals surface area (Å²) in [6.45, 7) is 4.31. The molecule has 2 aromatic rings. The van der Waals surface area contributed by atoms with Gasteiger partial charge in [-0.25, -0.2) is 0 Å². The fourth-order valence-electron chi connectivity index (χ4n) is 4.39. The number of pyridine rings is 1. The van der Waals surface area contributed by atoms with E-state index in [2.05, 4.69) is 16.3 Å². The molecule has 0 aliphatic carbocycles. The summed E-state index contributed by atoms with van der Waals surface area (Å²) >= 11 is 0. The van der Waals surface area contributed by atoms with Crippen molar-refractivity contribution in [3.05, 3.63) is 40.2 Å². The van der Waals surface area contributed by atoms with Gasteiger partial charge in [0.1, 0.15) is 11.6 Å². The summed E-state index contributed by atoms with van der Waals surface area (Å²) in [6, 6.07) is 9.80. The van der Waals surface area contributed by atoms with E-state index in [0.717, 1.165) is 36.8 Å². The van der Waals surface area contributed by atoms with Gasteiger partial charge in [-0.1, -0.05) is 18.2 Å². The molecule has 0 spiro atoms.